The summed E-state index contributed by atoms with van der Waals surface area (Å²) in [4.78, 5) is 13.8. The standard InChI is InChI=1S/C18H16N4OS/c23-18(15-11-24-16-9-5-4-8-14(15)16)19-10-17-21-20-12-22(17)13-6-2-1-3-7-13/h1-9,12,15H,10-11H2,(H,19,23)/t15-/m1/s1. The van der Waals surface area contributed by atoms with Gasteiger partial charge in [0.15, 0.2) is 5.82 Å². The summed E-state index contributed by atoms with van der Waals surface area (Å²) in [6.45, 7) is 0.358. The maximum absolute atomic E-state index is 12.6. The molecular weight excluding hydrogens is 320 g/mol. The molecule has 2 aromatic carbocycles. The number of thioether (sulfide) groups is 1. The van der Waals surface area contributed by atoms with E-state index >= 15 is 0 Å². The van der Waals surface area contributed by atoms with E-state index in [1.165, 1.54) is 4.90 Å². The lowest BCUT2D eigenvalue weighted by atomic mass is 10.0. The van der Waals surface area contributed by atoms with E-state index in [4.69, 9.17) is 0 Å². The van der Waals surface area contributed by atoms with Crippen molar-refractivity contribution in [2.75, 3.05) is 5.75 Å². The number of nitrogens with zero attached hydrogens (tertiary/aromatic N) is 3. The number of aromatic nitrogens is 3. The first kappa shape index (κ1) is 15.0. The van der Waals surface area contributed by atoms with Crippen molar-refractivity contribution in [3.8, 4) is 5.69 Å². The van der Waals surface area contributed by atoms with E-state index in [0.717, 1.165) is 17.0 Å². The molecule has 1 N–H and O–H groups in total. The van der Waals surface area contributed by atoms with E-state index in [1.54, 1.807) is 18.1 Å². The quantitative estimate of drug-likeness (QED) is 0.796. The molecule has 1 aromatic heterocycles. The van der Waals surface area contributed by atoms with Crippen molar-refractivity contribution in [1.82, 2.24) is 20.1 Å². The smallest absolute Gasteiger partial charge is 0.228 e. The number of fused-ring (bicyclic) bond motifs is 1. The number of hydrogen-bond acceptors (Lipinski definition) is 4. The zero-order valence-corrected chi connectivity index (χ0v) is 13.7. The Morgan fingerprint density at radius 1 is 1.17 bits per heavy atom. The first-order chi connectivity index (χ1) is 11.8. The van der Waals surface area contributed by atoms with E-state index in [9.17, 15) is 4.79 Å². The van der Waals surface area contributed by atoms with Crippen LogP contribution in [0.25, 0.3) is 5.69 Å². The van der Waals surface area contributed by atoms with Gasteiger partial charge in [0.05, 0.1) is 12.5 Å². The molecule has 0 saturated carbocycles. The highest BCUT2D eigenvalue weighted by Crippen LogP contribution is 2.39. The van der Waals surface area contributed by atoms with E-state index in [-0.39, 0.29) is 11.8 Å². The molecule has 1 amide bonds. The Morgan fingerprint density at radius 2 is 1.96 bits per heavy atom. The summed E-state index contributed by atoms with van der Waals surface area (Å²) >= 11 is 1.73. The monoisotopic (exact) mass is 336 g/mol. The Bertz CT molecular complexity index is 862. The highest BCUT2D eigenvalue weighted by atomic mass is 32.2. The highest BCUT2D eigenvalue weighted by molar-refractivity contribution is 7.99. The molecule has 4 rings (SSSR count). The minimum absolute atomic E-state index is 0.0371. The lowest BCUT2D eigenvalue weighted by Crippen LogP contribution is -2.30. The van der Waals surface area contributed by atoms with Crippen molar-refractivity contribution in [3.63, 3.8) is 0 Å². The van der Waals surface area contributed by atoms with Gasteiger partial charge in [-0.1, -0.05) is 36.4 Å². The van der Waals surface area contributed by atoms with Crippen LogP contribution in [-0.2, 0) is 11.3 Å². The summed E-state index contributed by atoms with van der Waals surface area (Å²) < 4.78 is 1.89. The molecule has 1 atom stereocenters. The average molecular weight is 336 g/mol. The molecule has 24 heavy (non-hydrogen) atoms. The van der Waals surface area contributed by atoms with Crippen LogP contribution in [0.4, 0.5) is 0 Å². The molecule has 3 aromatic rings. The lowest BCUT2D eigenvalue weighted by molar-refractivity contribution is -0.122. The van der Waals surface area contributed by atoms with E-state index in [0.29, 0.717) is 12.4 Å². The van der Waals surface area contributed by atoms with Crippen molar-refractivity contribution < 1.29 is 4.79 Å². The number of amides is 1. The van der Waals surface area contributed by atoms with Crippen LogP contribution >= 0.6 is 11.8 Å². The molecule has 6 heteroatoms. The third-order valence-corrected chi connectivity index (χ3v) is 5.27. The Labute approximate surface area is 144 Å². The first-order valence-electron chi connectivity index (χ1n) is 7.76. The lowest BCUT2D eigenvalue weighted by Gasteiger charge is -2.12. The molecule has 1 aliphatic heterocycles. The zero-order valence-electron chi connectivity index (χ0n) is 12.9. The average Bonchev–Trinajstić information content (AvgIpc) is 3.27. The largest absolute Gasteiger partial charge is 0.348 e. The minimum Gasteiger partial charge on any atom is -0.348 e. The van der Waals surface area contributed by atoms with Crippen LogP contribution in [0.1, 0.15) is 17.3 Å². The summed E-state index contributed by atoms with van der Waals surface area (Å²) in [5, 5.41) is 11.1. The second-order valence-corrected chi connectivity index (χ2v) is 6.63. The summed E-state index contributed by atoms with van der Waals surface area (Å²) in [7, 11) is 0. The predicted molar refractivity (Wildman–Crippen MR) is 93.1 cm³/mol. The van der Waals surface area contributed by atoms with Crippen LogP contribution in [0.2, 0.25) is 0 Å². The van der Waals surface area contributed by atoms with Gasteiger partial charge in [-0.25, -0.2) is 0 Å². The molecule has 120 valence electrons. The summed E-state index contributed by atoms with van der Waals surface area (Å²) in [5.41, 5.74) is 2.10. The molecule has 0 aliphatic carbocycles. The molecule has 1 aliphatic rings. The highest BCUT2D eigenvalue weighted by Gasteiger charge is 2.28. The molecule has 0 fully saturated rings. The maximum atomic E-state index is 12.6. The zero-order chi connectivity index (χ0) is 16.4. The van der Waals surface area contributed by atoms with Crippen LogP contribution in [0, 0.1) is 0 Å². The second kappa shape index (κ2) is 6.49. The third-order valence-electron chi connectivity index (χ3n) is 4.09. The van der Waals surface area contributed by atoms with Crippen molar-refractivity contribution in [3.05, 3.63) is 72.3 Å². The molecule has 0 bridgehead atoms. The Hall–Kier alpha value is -2.60. The van der Waals surface area contributed by atoms with Gasteiger partial charge in [0.25, 0.3) is 0 Å². The Balaban J connectivity index is 1.47. The second-order valence-electron chi connectivity index (χ2n) is 5.57. The number of carbonyl (C=O) groups is 1. The fraction of sp³-hybridized carbons (Fsp3) is 0.167. The van der Waals surface area contributed by atoms with Gasteiger partial charge in [-0.2, -0.15) is 0 Å². The summed E-state index contributed by atoms with van der Waals surface area (Å²) in [6, 6.07) is 18.0. The van der Waals surface area contributed by atoms with Crippen LogP contribution in [0.15, 0.2) is 65.8 Å². The van der Waals surface area contributed by atoms with Gasteiger partial charge in [0.1, 0.15) is 6.33 Å². The van der Waals surface area contributed by atoms with E-state index < -0.39 is 0 Å². The van der Waals surface area contributed by atoms with E-state index in [2.05, 4.69) is 21.6 Å². The maximum Gasteiger partial charge on any atom is 0.228 e. The van der Waals surface area contributed by atoms with Gasteiger partial charge in [-0.3, -0.25) is 9.36 Å². The number of rotatable bonds is 4. The SMILES string of the molecule is O=C(NCc1nncn1-c1ccccc1)[C@@H]1CSc2ccccc21. The summed E-state index contributed by atoms with van der Waals surface area (Å²) in [5.74, 6) is 1.44. The van der Waals surface area contributed by atoms with Crippen molar-refractivity contribution in [2.24, 2.45) is 0 Å². The van der Waals surface area contributed by atoms with Gasteiger partial charge in [-0.15, -0.1) is 22.0 Å². The van der Waals surface area contributed by atoms with Crippen LogP contribution in [-0.4, -0.2) is 26.4 Å². The van der Waals surface area contributed by atoms with Gasteiger partial charge >= 0.3 is 0 Å². The fourth-order valence-electron chi connectivity index (χ4n) is 2.85. The number of carbonyl (C=O) groups excluding carboxylic acids is 1. The minimum atomic E-state index is -0.0979. The molecule has 0 radical (unpaired) electrons. The third kappa shape index (κ3) is 2.80. The molecular formula is C18H16N4OS. The van der Waals surface area contributed by atoms with E-state index in [1.807, 2.05) is 53.1 Å². The van der Waals surface area contributed by atoms with Crippen molar-refractivity contribution in [2.45, 2.75) is 17.4 Å². The van der Waals surface area contributed by atoms with Gasteiger partial charge in [-0.05, 0) is 23.8 Å². The number of hydrogen-bond donors (Lipinski definition) is 1. The fourth-order valence-corrected chi connectivity index (χ4v) is 4.08. The summed E-state index contributed by atoms with van der Waals surface area (Å²) in [6.07, 6.45) is 1.66. The molecule has 0 saturated heterocycles. The molecule has 0 unspecified atom stereocenters. The van der Waals surface area contributed by atoms with Gasteiger partial charge in [0.2, 0.25) is 5.91 Å². The normalized spacial score (nSPS) is 15.9. The number of nitrogens with one attached hydrogen (secondary N) is 1. The predicted octanol–water partition coefficient (Wildman–Crippen LogP) is 2.77. The Morgan fingerprint density at radius 3 is 2.83 bits per heavy atom. The van der Waals surface area contributed by atoms with Crippen LogP contribution in [0.5, 0.6) is 0 Å². The van der Waals surface area contributed by atoms with Gasteiger partial charge in [0, 0.05) is 16.3 Å². The van der Waals surface area contributed by atoms with Crippen molar-refractivity contribution >= 4 is 17.7 Å². The molecule has 2 heterocycles. The number of para-hydroxylation sites is 1. The molecule has 5 nitrogen and oxygen atoms in total. The van der Waals surface area contributed by atoms with Crippen LogP contribution < -0.4 is 5.32 Å². The topological polar surface area (TPSA) is 59.8 Å². The number of benzene rings is 2. The Kier molecular flexibility index (Phi) is 4.04. The first-order valence-corrected chi connectivity index (χ1v) is 8.75. The molecule has 0 spiro atoms. The van der Waals surface area contributed by atoms with Gasteiger partial charge < -0.3 is 5.32 Å². The van der Waals surface area contributed by atoms with Crippen molar-refractivity contribution in [1.29, 1.82) is 0 Å². The van der Waals surface area contributed by atoms with Crippen LogP contribution in [0.3, 0.4) is 0 Å².